The van der Waals surface area contributed by atoms with Gasteiger partial charge in [0.05, 0.1) is 23.8 Å². The van der Waals surface area contributed by atoms with Crippen LogP contribution in [-0.4, -0.2) is 33.1 Å². The quantitative estimate of drug-likeness (QED) is 0.411. The standard InChI is InChI=1S/C20H16IN5O2/c21-16-2-1-3-17(9-16)25(26-20-15(11-24-26)10-22-13-23-20)12-14-4-5-18-19(8-14)28-7-6-27-18/h1-5,8-11,13H,6-7,12H2. The van der Waals surface area contributed by atoms with Crippen LogP contribution in [0.15, 0.2) is 61.2 Å². The summed E-state index contributed by atoms with van der Waals surface area (Å²) in [4.78, 5) is 10.3. The van der Waals surface area contributed by atoms with Crippen molar-refractivity contribution in [2.24, 2.45) is 0 Å². The molecule has 0 radical (unpaired) electrons. The van der Waals surface area contributed by atoms with Crippen molar-refractivity contribution in [3.8, 4) is 11.5 Å². The molecular weight excluding hydrogens is 469 g/mol. The summed E-state index contributed by atoms with van der Waals surface area (Å²) in [5, 5.41) is 7.54. The van der Waals surface area contributed by atoms with E-state index in [1.165, 1.54) is 6.33 Å². The summed E-state index contributed by atoms with van der Waals surface area (Å²) in [5.41, 5.74) is 2.86. The maximum Gasteiger partial charge on any atom is 0.184 e. The molecule has 2 aromatic heterocycles. The molecule has 1 aliphatic heterocycles. The van der Waals surface area contributed by atoms with E-state index in [0.29, 0.717) is 19.8 Å². The largest absolute Gasteiger partial charge is 0.486 e. The van der Waals surface area contributed by atoms with Gasteiger partial charge in [0, 0.05) is 9.77 Å². The zero-order valence-electron chi connectivity index (χ0n) is 14.8. The van der Waals surface area contributed by atoms with E-state index in [4.69, 9.17) is 9.47 Å². The van der Waals surface area contributed by atoms with Crippen molar-refractivity contribution in [2.75, 3.05) is 18.2 Å². The maximum absolute atomic E-state index is 5.74. The van der Waals surface area contributed by atoms with Crippen LogP contribution in [0.3, 0.4) is 0 Å². The van der Waals surface area contributed by atoms with Gasteiger partial charge < -0.3 is 9.47 Å². The van der Waals surface area contributed by atoms with Gasteiger partial charge in [0.15, 0.2) is 17.1 Å². The summed E-state index contributed by atoms with van der Waals surface area (Å²) < 4.78 is 12.5. The molecule has 8 heteroatoms. The lowest BCUT2D eigenvalue weighted by atomic mass is 10.2. The number of anilines is 1. The molecule has 4 aromatic rings. The summed E-state index contributed by atoms with van der Waals surface area (Å²) in [5.74, 6) is 1.56. The fourth-order valence-electron chi connectivity index (χ4n) is 3.20. The first kappa shape index (κ1) is 17.2. The molecule has 5 rings (SSSR count). The first-order valence-electron chi connectivity index (χ1n) is 8.83. The fraction of sp³-hybridized carbons (Fsp3) is 0.150. The topological polar surface area (TPSA) is 65.3 Å². The van der Waals surface area contributed by atoms with E-state index >= 15 is 0 Å². The van der Waals surface area contributed by atoms with Gasteiger partial charge in [0.25, 0.3) is 0 Å². The molecule has 28 heavy (non-hydrogen) atoms. The first-order chi connectivity index (χ1) is 13.8. The molecule has 0 spiro atoms. The van der Waals surface area contributed by atoms with Gasteiger partial charge in [0.1, 0.15) is 19.5 Å². The van der Waals surface area contributed by atoms with E-state index in [2.05, 4.69) is 66.9 Å². The van der Waals surface area contributed by atoms with Gasteiger partial charge in [-0.15, -0.1) is 0 Å². The summed E-state index contributed by atoms with van der Waals surface area (Å²) in [6.07, 6.45) is 5.08. The minimum Gasteiger partial charge on any atom is -0.486 e. The van der Waals surface area contributed by atoms with Crippen molar-refractivity contribution in [2.45, 2.75) is 6.54 Å². The lowest BCUT2D eigenvalue weighted by molar-refractivity contribution is 0.171. The Labute approximate surface area is 175 Å². The van der Waals surface area contributed by atoms with Crippen molar-refractivity contribution in [3.63, 3.8) is 0 Å². The Hall–Kier alpha value is -2.88. The third-order valence-corrected chi connectivity index (χ3v) is 5.16. The van der Waals surface area contributed by atoms with Crippen molar-refractivity contribution >= 4 is 39.3 Å². The smallest absolute Gasteiger partial charge is 0.184 e. The second-order valence-electron chi connectivity index (χ2n) is 6.35. The Balaban J connectivity index is 1.58. The Bertz CT molecular complexity index is 1150. The average molecular weight is 485 g/mol. The second-order valence-corrected chi connectivity index (χ2v) is 7.60. The van der Waals surface area contributed by atoms with Gasteiger partial charge >= 0.3 is 0 Å². The van der Waals surface area contributed by atoms with E-state index in [-0.39, 0.29) is 0 Å². The number of fused-ring (bicyclic) bond motifs is 2. The van der Waals surface area contributed by atoms with E-state index < -0.39 is 0 Å². The van der Waals surface area contributed by atoms with Crippen LogP contribution in [0.2, 0.25) is 0 Å². The average Bonchev–Trinajstić information content (AvgIpc) is 3.16. The number of aromatic nitrogens is 4. The summed E-state index contributed by atoms with van der Waals surface area (Å²) >= 11 is 2.32. The maximum atomic E-state index is 5.74. The van der Waals surface area contributed by atoms with E-state index in [1.807, 2.05) is 23.0 Å². The van der Waals surface area contributed by atoms with Crippen LogP contribution in [0.4, 0.5) is 5.69 Å². The molecule has 0 atom stereocenters. The molecular formula is C20H16IN5O2. The van der Waals surface area contributed by atoms with Gasteiger partial charge in [-0.05, 0) is 58.5 Å². The molecule has 0 bridgehead atoms. The SMILES string of the molecule is Ic1cccc(N(Cc2ccc3c(c2)OCCO3)n2ncc3cncnc32)c1. The lowest BCUT2D eigenvalue weighted by Gasteiger charge is -2.26. The Morgan fingerprint density at radius 2 is 1.93 bits per heavy atom. The number of benzene rings is 2. The molecule has 140 valence electrons. The number of halogens is 1. The van der Waals surface area contributed by atoms with E-state index in [0.717, 1.165) is 37.4 Å². The summed E-state index contributed by atoms with van der Waals surface area (Å²) in [6.45, 7) is 1.75. The summed E-state index contributed by atoms with van der Waals surface area (Å²) in [6, 6.07) is 14.3. The highest BCUT2D eigenvalue weighted by Crippen LogP contribution is 2.32. The second kappa shape index (κ2) is 7.27. The van der Waals surface area contributed by atoms with Crippen molar-refractivity contribution in [3.05, 3.63) is 70.3 Å². The van der Waals surface area contributed by atoms with Gasteiger partial charge in [-0.25, -0.2) is 9.97 Å². The highest BCUT2D eigenvalue weighted by molar-refractivity contribution is 14.1. The lowest BCUT2D eigenvalue weighted by Crippen LogP contribution is -2.30. The molecule has 3 heterocycles. The molecule has 2 aromatic carbocycles. The molecule has 7 nitrogen and oxygen atoms in total. The Morgan fingerprint density at radius 1 is 1.04 bits per heavy atom. The summed E-state index contributed by atoms with van der Waals surface area (Å²) in [7, 11) is 0. The highest BCUT2D eigenvalue weighted by atomic mass is 127. The van der Waals surface area contributed by atoms with Crippen LogP contribution >= 0.6 is 22.6 Å². The van der Waals surface area contributed by atoms with Crippen LogP contribution in [0.1, 0.15) is 5.56 Å². The minimum absolute atomic E-state index is 0.567. The molecule has 0 unspecified atom stereocenters. The number of ether oxygens (including phenoxy) is 2. The van der Waals surface area contributed by atoms with Crippen LogP contribution in [-0.2, 0) is 6.54 Å². The monoisotopic (exact) mass is 485 g/mol. The van der Waals surface area contributed by atoms with Gasteiger partial charge in [0.2, 0.25) is 0 Å². The van der Waals surface area contributed by atoms with Crippen LogP contribution in [0.25, 0.3) is 11.0 Å². The van der Waals surface area contributed by atoms with Gasteiger partial charge in [-0.3, -0.25) is 5.01 Å². The molecule has 0 saturated heterocycles. The highest BCUT2D eigenvalue weighted by Gasteiger charge is 2.17. The predicted octanol–water partition coefficient (Wildman–Crippen LogP) is 3.67. The van der Waals surface area contributed by atoms with Crippen LogP contribution in [0, 0.1) is 3.57 Å². The number of hydrogen-bond donors (Lipinski definition) is 0. The number of nitrogens with zero attached hydrogens (tertiary/aromatic N) is 5. The van der Waals surface area contributed by atoms with Crippen molar-refractivity contribution in [1.82, 2.24) is 19.9 Å². The van der Waals surface area contributed by atoms with Crippen molar-refractivity contribution < 1.29 is 9.47 Å². The fourth-order valence-corrected chi connectivity index (χ4v) is 3.73. The zero-order chi connectivity index (χ0) is 18.9. The molecule has 0 amide bonds. The molecule has 0 saturated carbocycles. The first-order valence-corrected chi connectivity index (χ1v) is 9.91. The molecule has 0 aliphatic carbocycles. The number of hydrogen-bond acceptors (Lipinski definition) is 6. The minimum atomic E-state index is 0.567. The van der Waals surface area contributed by atoms with Crippen molar-refractivity contribution in [1.29, 1.82) is 0 Å². The van der Waals surface area contributed by atoms with Crippen LogP contribution < -0.4 is 14.5 Å². The van der Waals surface area contributed by atoms with Gasteiger partial charge in [-0.1, -0.05) is 12.1 Å². The predicted molar refractivity (Wildman–Crippen MR) is 113 cm³/mol. The molecule has 0 fully saturated rings. The Kier molecular flexibility index (Phi) is 4.47. The van der Waals surface area contributed by atoms with E-state index in [1.54, 1.807) is 12.4 Å². The normalized spacial score (nSPS) is 12.9. The van der Waals surface area contributed by atoms with Gasteiger partial charge in [-0.2, -0.15) is 9.89 Å². The molecule has 0 N–H and O–H groups in total. The number of rotatable bonds is 4. The third kappa shape index (κ3) is 3.24. The van der Waals surface area contributed by atoms with Crippen LogP contribution in [0.5, 0.6) is 11.5 Å². The zero-order valence-corrected chi connectivity index (χ0v) is 17.0. The Morgan fingerprint density at radius 3 is 2.82 bits per heavy atom. The third-order valence-electron chi connectivity index (χ3n) is 4.49. The molecule has 1 aliphatic rings. The van der Waals surface area contributed by atoms with E-state index in [9.17, 15) is 0 Å².